The molecule has 1 saturated heterocycles. The van der Waals surface area contributed by atoms with Gasteiger partial charge in [0.25, 0.3) is 5.91 Å². The molecule has 1 aliphatic heterocycles. The van der Waals surface area contributed by atoms with Crippen molar-refractivity contribution in [1.82, 2.24) is 15.5 Å². The smallest absolute Gasteiger partial charge is 0.319 e. The minimum Gasteiger partial charge on any atom is -0.347 e. The molecule has 6 nitrogen and oxygen atoms in total. The molecule has 4 rings (SSSR count). The van der Waals surface area contributed by atoms with E-state index in [0.717, 1.165) is 30.8 Å². The molecule has 8 heteroatoms. The van der Waals surface area contributed by atoms with Gasteiger partial charge in [0.2, 0.25) is 0 Å². The summed E-state index contributed by atoms with van der Waals surface area (Å²) in [6.07, 6.45) is 6.05. The Balaban J connectivity index is 1.32. The molecule has 0 atom stereocenters. The topological polar surface area (TPSA) is 73.5 Å². The van der Waals surface area contributed by atoms with E-state index in [4.69, 9.17) is 0 Å². The molecular weight excluding hydrogens is 440 g/mol. The number of thioether (sulfide) groups is 1. The van der Waals surface area contributed by atoms with Crippen molar-refractivity contribution in [2.75, 3.05) is 36.5 Å². The fraction of sp³-hybridized carbons (Fsp3) is 0.500. The maximum atomic E-state index is 12.7. The minimum atomic E-state index is -0.211. The second-order valence-electron chi connectivity index (χ2n) is 8.53. The van der Waals surface area contributed by atoms with Crippen LogP contribution in [0.4, 0.5) is 10.5 Å². The van der Waals surface area contributed by atoms with Crippen molar-refractivity contribution in [3.05, 3.63) is 52.2 Å². The molecule has 1 aromatic carbocycles. The molecule has 0 spiro atoms. The number of amides is 3. The third-order valence-electron chi connectivity index (χ3n) is 6.43. The van der Waals surface area contributed by atoms with E-state index in [1.807, 2.05) is 35.3 Å². The molecule has 1 aliphatic carbocycles. The van der Waals surface area contributed by atoms with E-state index in [-0.39, 0.29) is 17.5 Å². The van der Waals surface area contributed by atoms with Gasteiger partial charge < -0.3 is 16.0 Å². The average molecular weight is 473 g/mol. The van der Waals surface area contributed by atoms with E-state index in [2.05, 4.69) is 20.9 Å². The summed E-state index contributed by atoms with van der Waals surface area (Å²) in [7, 11) is 0. The Morgan fingerprint density at radius 3 is 2.56 bits per heavy atom. The molecule has 0 bridgehead atoms. The quantitative estimate of drug-likeness (QED) is 0.553. The number of carbonyl (C=O) groups is 2. The first-order valence-corrected chi connectivity index (χ1v) is 13.5. The zero-order valence-electron chi connectivity index (χ0n) is 18.4. The van der Waals surface area contributed by atoms with Crippen molar-refractivity contribution in [2.45, 2.75) is 44.2 Å². The molecule has 3 amide bonds. The molecule has 172 valence electrons. The van der Waals surface area contributed by atoms with Crippen molar-refractivity contribution in [3.8, 4) is 0 Å². The minimum absolute atomic E-state index is 0.0834. The summed E-state index contributed by atoms with van der Waals surface area (Å²) in [5.74, 6) is 2.21. The Labute approximate surface area is 198 Å². The maximum Gasteiger partial charge on any atom is 0.319 e. The van der Waals surface area contributed by atoms with Crippen LogP contribution < -0.4 is 16.0 Å². The van der Waals surface area contributed by atoms with Crippen LogP contribution in [0.1, 0.15) is 47.3 Å². The van der Waals surface area contributed by atoms with E-state index >= 15 is 0 Å². The van der Waals surface area contributed by atoms with Gasteiger partial charge in [0.15, 0.2) is 0 Å². The van der Waals surface area contributed by atoms with Crippen LogP contribution in [0.2, 0.25) is 0 Å². The van der Waals surface area contributed by atoms with E-state index in [9.17, 15) is 9.59 Å². The van der Waals surface area contributed by atoms with Gasteiger partial charge in [0, 0.05) is 52.8 Å². The fourth-order valence-corrected chi connectivity index (χ4v) is 6.24. The van der Waals surface area contributed by atoms with Crippen molar-refractivity contribution in [1.29, 1.82) is 0 Å². The monoisotopic (exact) mass is 472 g/mol. The van der Waals surface area contributed by atoms with Crippen LogP contribution in [0.15, 0.2) is 41.8 Å². The molecule has 2 fully saturated rings. The van der Waals surface area contributed by atoms with Crippen LogP contribution in [-0.4, -0.2) is 53.5 Å². The molecule has 2 heterocycles. The Kier molecular flexibility index (Phi) is 8.10. The number of hydrogen-bond acceptors (Lipinski definition) is 5. The van der Waals surface area contributed by atoms with Gasteiger partial charge in [-0.1, -0.05) is 31.4 Å². The second-order valence-corrected chi connectivity index (χ2v) is 10.8. The number of nitrogens with zero attached hydrogens (tertiary/aromatic N) is 1. The Bertz CT molecular complexity index is 891. The molecular formula is C24H32N4O2S2. The fourth-order valence-electron chi connectivity index (χ4n) is 4.69. The van der Waals surface area contributed by atoms with Gasteiger partial charge in [-0.25, -0.2) is 4.79 Å². The number of nitrogens with one attached hydrogen (secondary N) is 3. The Morgan fingerprint density at radius 2 is 1.81 bits per heavy atom. The molecule has 0 radical (unpaired) electrons. The van der Waals surface area contributed by atoms with E-state index in [1.165, 1.54) is 30.8 Å². The summed E-state index contributed by atoms with van der Waals surface area (Å²) in [5.41, 5.74) is 1.24. The van der Waals surface area contributed by atoms with Crippen molar-refractivity contribution < 1.29 is 9.59 Å². The van der Waals surface area contributed by atoms with Gasteiger partial charge >= 0.3 is 6.03 Å². The summed E-state index contributed by atoms with van der Waals surface area (Å²) in [6, 6.07) is 10.8. The second kappa shape index (κ2) is 11.2. The Hall–Kier alpha value is -2.03. The Morgan fingerprint density at radius 1 is 1.00 bits per heavy atom. The highest BCUT2D eigenvalue weighted by Gasteiger charge is 2.38. The number of benzene rings is 1. The summed E-state index contributed by atoms with van der Waals surface area (Å²) in [4.78, 5) is 28.9. The van der Waals surface area contributed by atoms with Gasteiger partial charge in [0.05, 0.1) is 6.54 Å². The van der Waals surface area contributed by atoms with E-state index < -0.39 is 0 Å². The standard InChI is InChI=1S/C24H32N4O2S2/c29-22(25-17-21-8-5-13-32-21)19-6-4-7-20(16-19)27-23(30)26-18-24(9-2-1-3-10-24)28-11-14-31-15-12-28/h4-8,13,16H,1-3,9-12,14-15,17-18H2,(H,25,29)(H2,26,27,30). The third kappa shape index (κ3) is 6.05. The normalized spacial score (nSPS) is 18.6. The number of anilines is 1. The maximum absolute atomic E-state index is 12.7. The molecule has 2 aromatic rings. The highest BCUT2D eigenvalue weighted by atomic mass is 32.2. The van der Waals surface area contributed by atoms with Crippen LogP contribution in [0.3, 0.4) is 0 Å². The average Bonchev–Trinajstić information content (AvgIpc) is 3.36. The lowest BCUT2D eigenvalue weighted by Gasteiger charge is -2.48. The zero-order valence-corrected chi connectivity index (χ0v) is 20.0. The van der Waals surface area contributed by atoms with Crippen LogP contribution in [0.25, 0.3) is 0 Å². The first kappa shape index (κ1) is 23.1. The van der Waals surface area contributed by atoms with Gasteiger partial charge in [-0.2, -0.15) is 11.8 Å². The van der Waals surface area contributed by atoms with Gasteiger partial charge in [0.1, 0.15) is 0 Å². The number of carbonyl (C=O) groups excluding carboxylic acids is 2. The van der Waals surface area contributed by atoms with E-state index in [0.29, 0.717) is 24.3 Å². The van der Waals surface area contributed by atoms with Crippen LogP contribution in [0.5, 0.6) is 0 Å². The molecule has 32 heavy (non-hydrogen) atoms. The lowest BCUT2D eigenvalue weighted by Crippen LogP contribution is -2.59. The number of urea groups is 1. The molecule has 0 unspecified atom stereocenters. The van der Waals surface area contributed by atoms with Gasteiger partial charge in [-0.3, -0.25) is 9.69 Å². The first-order chi connectivity index (χ1) is 15.6. The molecule has 1 aromatic heterocycles. The number of rotatable bonds is 7. The van der Waals surface area contributed by atoms with E-state index in [1.54, 1.807) is 29.5 Å². The largest absolute Gasteiger partial charge is 0.347 e. The third-order valence-corrected chi connectivity index (χ3v) is 8.25. The number of hydrogen-bond donors (Lipinski definition) is 3. The lowest BCUT2D eigenvalue weighted by atomic mass is 9.80. The van der Waals surface area contributed by atoms with Crippen LogP contribution in [-0.2, 0) is 6.54 Å². The summed E-state index contributed by atoms with van der Waals surface area (Å²) in [6.45, 7) is 3.39. The SMILES string of the molecule is O=C(NCC1(N2CCSCC2)CCCCC1)Nc1cccc(C(=O)NCc2cccs2)c1. The first-order valence-electron chi connectivity index (χ1n) is 11.4. The summed E-state index contributed by atoms with van der Waals surface area (Å²) < 4.78 is 0. The van der Waals surface area contributed by atoms with Gasteiger partial charge in [-0.05, 0) is 42.5 Å². The molecule has 2 aliphatic rings. The molecule has 1 saturated carbocycles. The zero-order chi connectivity index (χ0) is 22.2. The van der Waals surface area contributed by atoms with Crippen molar-refractivity contribution >= 4 is 40.7 Å². The lowest BCUT2D eigenvalue weighted by molar-refractivity contribution is 0.0612. The van der Waals surface area contributed by atoms with Crippen molar-refractivity contribution in [2.24, 2.45) is 0 Å². The molecule has 3 N–H and O–H groups in total. The highest BCUT2D eigenvalue weighted by Crippen LogP contribution is 2.34. The summed E-state index contributed by atoms with van der Waals surface area (Å²) >= 11 is 3.63. The van der Waals surface area contributed by atoms with Crippen molar-refractivity contribution in [3.63, 3.8) is 0 Å². The van der Waals surface area contributed by atoms with Crippen LogP contribution >= 0.6 is 23.1 Å². The summed E-state index contributed by atoms with van der Waals surface area (Å²) in [5, 5.41) is 11.0. The van der Waals surface area contributed by atoms with Gasteiger partial charge in [-0.15, -0.1) is 11.3 Å². The van der Waals surface area contributed by atoms with Crippen LogP contribution in [0, 0.1) is 0 Å². The predicted molar refractivity (Wildman–Crippen MR) is 134 cm³/mol. The number of thiophene rings is 1. The predicted octanol–water partition coefficient (Wildman–Crippen LogP) is 4.55. The highest BCUT2D eigenvalue weighted by molar-refractivity contribution is 7.99.